The van der Waals surface area contributed by atoms with E-state index in [0.29, 0.717) is 19.7 Å². The molecule has 0 aromatic heterocycles. The van der Waals surface area contributed by atoms with Crippen molar-refractivity contribution in [2.75, 3.05) is 26.2 Å². The lowest BCUT2D eigenvalue weighted by atomic mass is 10.3. The molecule has 0 aliphatic carbocycles. The topological polar surface area (TPSA) is 32.7 Å². The van der Waals surface area contributed by atoms with Crippen molar-refractivity contribution in [1.82, 2.24) is 4.90 Å². The van der Waals surface area contributed by atoms with Crippen molar-refractivity contribution in [1.29, 1.82) is 0 Å². The Hall–Kier alpha value is 0.460. The van der Waals surface area contributed by atoms with E-state index in [4.69, 9.17) is 21.4 Å². The van der Waals surface area contributed by atoms with Crippen molar-refractivity contribution < 1.29 is 9.84 Å². The van der Waals surface area contributed by atoms with Gasteiger partial charge in [-0.1, -0.05) is 11.6 Å². The zero-order valence-corrected chi connectivity index (χ0v) is 8.64. The van der Waals surface area contributed by atoms with E-state index >= 15 is 0 Å². The lowest BCUT2D eigenvalue weighted by molar-refractivity contribution is -0.00162. The first-order chi connectivity index (χ1) is 5.18. The van der Waals surface area contributed by atoms with Gasteiger partial charge >= 0.3 is 0 Å². The summed E-state index contributed by atoms with van der Waals surface area (Å²) in [6, 6.07) is 0. The molecule has 0 bridgehead atoms. The monoisotopic (exact) mass is 215 g/mol. The number of β-amino-alcohol motifs (C(OH)–C–C–N with tert-alkyl or cyclic N) is 1. The minimum atomic E-state index is -0.281. The van der Waals surface area contributed by atoms with Crippen LogP contribution in [0.15, 0.2) is 0 Å². The third-order valence-electron chi connectivity index (χ3n) is 1.63. The highest BCUT2D eigenvalue weighted by molar-refractivity contribution is 6.19. The van der Waals surface area contributed by atoms with Gasteiger partial charge in [-0.05, 0) is 6.92 Å². The zero-order chi connectivity index (χ0) is 8.27. The number of ether oxygens (including phenoxy) is 1. The predicted octanol–water partition coefficient (Wildman–Crippen LogP) is 0.686. The first kappa shape index (κ1) is 12.5. The van der Waals surface area contributed by atoms with Crippen molar-refractivity contribution in [3.8, 4) is 0 Å². The van der Waals surface area contributed by atoms with Gasteiger partial charge < -0.3 is 9.84 Å². The van der Waals surface area contributed by atoms with Gasteiger partial charge in [-0.2, -0.15) is 0 Å². The average Bonchev–Trinajstić information content (AvgIpc) is 1.85. The molecule has 1 aliphatic heterocycles. The summed E-state index contributed by atoms with van der Waals surface area (Å²) in [7, 11) is 0. The summed E-state index contributed by atoms with van der Waals surface area (Å²) in [5, 5.41) is 9.07. The van der Waals surface area contributed by atoms with Crippen LogP contribution >= 0.6 is 24.0 Å². The van der Waals surface area contributed by atoms with Crippen LogP contribution in [0.1, 0.15) is 6.92 Å². The van der Waals surface area contributed by atoms with Crippen LogP contribution in [0.25, 0.3) is 0 Å². The Kier molecular flexibility index (Phi) is 6.23. The second kappa shape index (κ2) is 6.00. The summed E-state index contributed by atoms with van der Waals surface area (Å²) in [5.41, 5.74) is -0.206. The second-order valence-corrected chi connectivity index (χ2v) is 3.38. The Morgan fingerprint density at radius 1 is 1.75 bits per heavy atom. The van der Waals surface area contributed by atoms with Gasteiger partial charge in [0, 0.05) is 19.6 Å². The Labute approximate surface area is 84.0 Å². The molecule has 0 saturated carbocycles. The van der Waals surface area contributed by atoms with E-state index in [1.165, 1.54) is 0 Å². The third kappa shape index (κ3) is 4.48. The average molecular weight is 216 g/mol. The van der Waals surface area contributed by atoms with Crippen molar-refractivity contribution in [3.63, 3.8) is 0 Å². The summed E-state index contributed by atoms with van der Waals surface area (Å²) in [5.74, 6) is 0. The van der Waals surface area contributed by atoms with Gasteiger partial charge in [-0.15, -0.1) is 12.4 Å². The van der Waals surface area contributed by atoms with Crippen LogP contribution in [-0.2, 0) is 4.74 Å². The lowest BCUT2D eigenvalue weighted by Crippen LogP contribution is -2.43. The molecule has 1 rings (SSSR count). The van der Waals surface area contributed by atoms with Crippen LogP contribution in [0.4, 0.5) is 0 Å². The molecule has 1 fully saturated rings. The van der Waals surface area contributed by atoms with Crippen LogP contribution in [0.3, 0.4) is 0 Å². The molecular formula is C7H15Cl2NO2. The summed E-state index contributed by atoms with van der Waals surface area (Å²) in [6.07, 6.45) is -0.281. The van der Waals surface area contributed by atoms with Crippen LogP contribution in [0.5, 0.6) is 0 Å². The maximum atomic E-state index is 9.07. The Bertz CT molecular complexity index is 122. The normalized spacial score (nSPS) is 27.8. The quantitative estimate of drug-likeness (QED) is 0.689. The number of halogens is 2. The zero-order valence-electron chi connectivity index (χ0n) is 7.07. The van der Waals surface area contributed by atoms with E-state index in [1.807, 2.05) is 0 Å². The van der Waals surface area contributed by atoms with Gasteiger partial charge in [0.25, 0.3) is 0 Å². The number of aliphatic hydroxyl groups excluding tert-OH is 1. The van der Waals surface area contributed by atoms with E-state index < -0.39 is 0 Å². The van der Waals surface area contributed by atoms with Gasteiger partial charge in [0.2, 0.25) is 0 Å². The lowest BCUT2D eigenvalue weighted by Gasteiger charge is -2.30. The predicted molar refractivity (Wildman–Crippen MR) is 51.0 cm³/mol. The number of rotatable bonds is 2. The molecule has 0 amide bonds. The van der Waals surface area contributed by atoms with Crippen LogP contribution in [0.2, 0.25) is 0 Å². The number of hydrogen-bond donors (Lipinski definition) is 1. The SMILES string of the molecule is CC(O)CN1CCOC(Cl)C1.Cl. The standard InChI is InChI=1S/C7H14ClNO2.ClH/c1-6(10)4-9-2-3-11-7(8)5-9;/h6-7,10H,2-5H2,1H3;1H. The first-order valence-electron chi connectivity index (χ1n) is 3.84. The third-order valence-corrected chi connectivity index (χ3v) is 1.89. The molecule has 0 aromatic carbocycles. The van der Waals surface area contributed by atoms with Gasteiger partial charge in [-0.3, -0.25) is 4.90 Å². The maximum Gasteiger partial charge on any atom is 0.143 e. The number of morpholine rings is 1. The highest BCUT2D eigenvalue weighted by Gasteiger charge is 2.18. The molecule has 74 valence electrons. The number of alkyl halides is 1. The Morgan fingerprint density at radius 3 is 2.92 bits per heavy atom. The highest BCUT2D eigenvalue weighted by Crippen LogP contribution is 2.08. The summed E-state index contributed by atoms with van der Waals surface area (Å²) in [4.78, 5) is 2.10. The molecular weight excluding hydrogens is 201 g/mol. The number of nitrogens with zero attached hydrogens (tertiary/aromatic N) is 1. The highest BCUT2D eigenvalue weighted by atomic mass is 35.5. The van der Waals surface area contributed by atoms with E-state index in [2.05, 4.69) is 4.90 Å². The molecule has 12 heavy (non-hydrogen) atoms. The van der Waals surface area contributed by atoms with Crippen LogP contribution < -0.4 is 0 Å². The van der Waals surface area contributed by atoms with Gasteiger partial charge in [0.1, 0.15) is 5.56 Å². The fraction of sp³-hybridized carbons (Fsp3) is 1.00. The molecule has 2 atom stereocenters. The van der Waals surface area contributed by atoms with Crippen LogP contribution in [0, 0.1) is 0 Å². The molecule has 1 aliphatic rings. The summed E-state index contributed by atoms with van der Waals surface area (Å²) >= 11 is 5.75. The summed E-state index contributed by atoms with van der Waals surface area (Å²) < 4.78 is 5.13. The maximum absolute atomic E-state index is 9.07. The van der Waals surface area contributed by atoms with E-state index in [-0.39, 0.29) is 24.1 Å². The molecule has 3 nitrogen and oxygen atoms in total. The van der Waals surface area contributed by atoms with Crippen LogP contribution in [-0.4, -0.2) is 47.9 Å². The Morgan fingerprint density at radius 2 is 2.42 bits per heavy atom. The number of hydrogen-bond acceptors (Lipinski definition) is 3. The largest absolute Gasteiger partial charge is 0.392 e. The molecule has 1 saturated heterocycles. The van der Waals surface area contributed by atoms with Crippen molar-refractivity contribution >= 4 is 24.0 Å². The molecule has 0 aromatic rings. The van der Waals surface area contributed by atoms with E-state index in [9.17, 15) is 0 Å². The Balaban J connectivity index is 0.00000121. The number of aliphatic hydroxyl groups is 1. The van der Waals surface area contributed by atoms with Crippen molar-refractivity contribution in [3.05, 3.63) is 0 Å². The molecule has 5 heteroatoms. The molecule has 1 heterocycles. The van der Waals surface area contributed by atoms with E-state index in [1.54, 1.807) is 6.92 Å². The van der Waals surface area contributed by atoms with Gasteiger partial charge in [0.15, 0.2) is 0 Å². The minimum absolute atomic E-state index is 0. The molecule has 0 spiro atoms. The van der Waals surface area contributed by atoms with Crippen molar-refractivity contribution in [2.24, 2.45) is 0 Å². The fourth-order valence-electron chi connectivity index (χ4n) is 1.20. The molecule has 0 radical (unpaired) electrons. The van der Waals surface area contributed by atoms with Gasteiger partial charge in [-0.25, -0.2) is 0 Å². The summed E-state index contributed by atoms with van der Waals surface area (Å²) in [6.45, 7) is 4.72. The second-order valence-electron chi connectivity index (χ2n) is 2.89. The minimum Gasteiger partial charge on any atom is -0.392 e. The molecule has 1 N–H and O–H groups in total. The van der Waals surface area contributed by atoms with Gasteiger partial charge in [0.05, 0.1) is 12.7 Å². The first-order valence-corrected chi connectivity index (χ1v) is 4.28. The fourth-order valence-corrected chi connectivity index (χ4v) is 1.48. The van der Waals surface area contributed by atoms with E-state index in [0.717, 1.165) is 6.54 Å². The smallest absolute Gasteiger partial charge is 0.143 e. The van der Waals surface area contributed by atoms with Crippen molar-refractivity contribution in [2.45, 2.75) is 18.6 Å². The molecule has 2 unspecified atom stereocenters.